The highest BCUT2D eigenvalue weighted by atomic mass is 35.5. The van der Waals surface area contributed by atoms with E-state index in [-0.39, 0.29) is 30.4 Å². The molecule has 0 spiro atoms. The van der Waals surface area contributed by atoms with Crippen LogP contribution in [0.15, 0.2) is 36.7 Å². The van der Waals surface area contributed by atoms with Crippen LogP contribution in [0.5, 0.6) is 0 Å². The summed E-state index contributed by atoms with van der Waals surface area (Å²) in [6, 6.07) is 7.24. The molecule has 0 bridgehead atoms. The van der Waals surface area contributed by atoms with Crippen LogP contribution in [0.2, 0.25) is 0 Å². The summed E-state index contributed by atoms with van der Waals surface area (Å²) in [6.07, 6.45) is 2.99. The van der Waals surface area contributed by atoms with Crippen molar-refractivity contribution in [1.82, 2.24) is 20.6 Å². The number of quaternary nitrogens is 1. The van der Waals surface area contributed by atoms with Crippen LogP contribution in [0.25, 0.3) is 0 Å². The molecule has 1 aromatic heterocycles. The van der Waals surface area contributed by atoms with Gasteiger partial charge in [-0.3, -0.25) is 9.59 Å². The van der Waals surface area contributed by atoms with Gasteiger partial charge in [0.15, 0.2) is 5.69 Å². The first-order valence-electron chi connectivity index (χ1n) is 11.9. The number of H-pyrrole nitrogens is 1. The molecule has 37 heavy (non-hydrogen) atoms. The van der Waals surface area contributed by atoms with E-state index in [1.165, 1.54) is 13.3 Å². The summed E-state index contributed by atoms with van der Waals surface area (Å²) in [5, 5.41) is 5.12. The van der Waals surface area contributed by atoms with Gasteiger partial charge in [0.1, 0.15) is 30.0 Å². The van der Waals surface area contributed by atoms with Gasteiger partial charge in [0.05, 0.1) is 12.9 Å². The third kappa shape index (κ3) is 10.6. The second kappa shape index (κ2) is 15.0. The van der Waals surface area contributed by atoms with Gasteiger partial charge in [-0.25, -0.2) is 14.6 Å². The molecule has 204 valence electrons. The minimum Gasteiger partial charge on any atom is -1.00 e. The second-order valence-corrected chi connectivity index (χ2v) is 9.32. The number of nitrogens with zero attached hydrogens (tertiary/aromatic N) is 1. The third-order valence-electron chi connectivity index (χ3n) is 5.00. The first-order chi connectivity index (χ1) is 17.0. The summed E-state index contributed by atoms with van der Waals surface area (Å²) < 4.78 is 10.7. The molecular weight excluding hydrogens is 502 g/mol. The first-order valence-corrected chi connectivity index (χ1v) is 11.9. The van der Waals surface area contributed by atoms with E-state index in [9.17, 15) is 19.2 Å². The number of benzene rings is 1. The predicted octanol–water partition coefficient (Wildman–Crippen LogP) is -1.87. The standard InChI is InChI=1S/C25H35N5O6.ClH/c1-16(23(33)35-14-17-10-6-5-7-11-17)29-21(31)19-20(28-15-27-19)22(32)30-18(12-8-9-13-26)24(34)36-25(2,3)4;/h5-7,10-11,15-16,18H,8-9,12-14,26H2,1-4H3,(H,27,28)(H,29,31)(H,30,32);1H. The number of ether oxygens (including phenoxy) is 2. The van der Waals surface area contributed by atoms with Gasteiger partial charge in [-0.1, -0.05) is 30.3 Å². The summed E-state index contributed by atoms with van der Waals surface area (Å²) >= 11 is 0. The van der Waals surface area contributed by atoms with E-state index in [0.29, 0.717) is 19.4 Å². The van der Waals surface area contributed by atoms with Gasteiger partial charge in [0.25, 0.3) is 11.8 Å². The van der Waals surface area contributed by atoms with E-state index in [1.54, 1.807) is 20.8 Å². The van der Waals surface area contributed by atoms with Crippen molar-refractivity contribution in [3.63, 3.8) is 0 Å². The molecule has 2 unspecified atom stereocenters. The zero-order valence-corrected chi connectivity index (χ0v) is 22.4. The number of rotatable bonds is 12. The average Bonchev–Trinajstić information content (AvgIpc) is 3.32. The number of amides is 2. The lowest BCUT2D eigenvalue weighted by Crippen LogP contribution is -3.00. The van der Waals surface area contributed by atoms with Crippen molar-refractivity contribution in [2.45, 2.75) is 71.2 Å². The van der Waals surface area contributed by atoms with Gasteiger partial charge in [-0.2, -0.15) is 0 Å². The van der Waals surface area contributed by atoms with Crippen molar-refractivity contribution in [3.05, 3.63) is 53.6 Å². The van der Waals surface area contributed by atoms with Crippen LogP contribution >= 0.6 is 0 Å². The number of halogens is 1. The van der Waals surface area contributed by atoms with Gasteiger partial charge >= 0.3 is 11.9 Å². The second-order valence-electron chi connectivity index (χ2n) is 9.32. The Morgan fingerprint density at radius 3 is 2.32 bits per heavy atom. The number of nitrogens with one attached hydrogen (secondary N) is 3. The summed E-state index contributed by atoms with van der Waals surface area (Å²) in [6.45, 7) is 7.45. The van der Waals surface area contributed by atoms with E-state index in [2.05, 4.69) is 26.3 Å². The fraction of sp³-hybridized carbons (Fsp3) is 0.480. The Morgan fingerprint density at radius 2 is 1.70 bits per heavy atom. The molecular formula is C25H36ClN5O6. The first kappa shape index (κ1) is 31.6. The maximum atomic E-state index is 12.9. The monoisotopic (exact) mass is 537 g/mol. The third-order valence-corrected chi connectivity index (χ3v) is 5.00. The number of carbonyl (C=O) groups is 4. The van der Waals surface area contributed by atoms with E-state index in [4.69, 9.17) is 9.47 Å². The summed E-state index contributed by atoms with van der Waals surface area (Å²) in [5.74, 6) is -2.64. The Kier molecular flexibility index (Phi) is 12.8. The molecule has 0 saturated carbocycles. The van der Waals surface area contributed by atoms with Gasteiger partial charge in [-0.05, 0) is 52.5 Å². The van der Waals surface area contributed by atoms with Crippen molar-refractivity contribution < 1.29 is 46.8 Å². The van der Waals surface area contributed by atoms with Gasteiger partial charge in [0.2, 0.25) is 0 Å². The molecule has 0 aliphatic rings. The van der Waals surface area contributed by atoms with Gasteiger partial charge in [-0.15, -0.1) is 0 Å². The van der Waals surface area contributed by atoms with E-state index in [1.807, 2.05) is 30.3 Å². The molecule has 1 heterocycles. The number of aromatic nitrogens is 2. The van der Waals surface area contributed by atoms with Crippen LogP contribution in [0.4, 0.5) is 0 Å². The minimum absolute atomic E-state index is 0. The van der Waals surface area contributed by atoms with Crippen molar-refractivity contribution in [1.29, 1.82) is 0 Å². The Morgan fingerprint density at radius 1 is 1.03 bits per heavy atom. The number of unbranched alkanes of at least 4 members (excludes halogenated alkanes) is 1. The highest BCUT2D eigenvalue weighted by molar-refractivity contribution is 6.06. The number of hydrogen-bond acceptors (Lipinski definition) is 7. The fourth-order valence-electron chi connectivity index (χ4n) is 3.19. The molecule has 12 heteroatoms. The van der Waals surface area contributed by atoms with Crippen LogP contribution in [-0.2, 0) is 25.7 Å². The van der Waals surface area contributed by atoms with E-state index in [0.717, 1.165) is 12.0 Å². The molecule has 2 rings (SSSR count). The van der Waals surface area contributed by atoms with Crippen LogP contribution in [0.3, 0.4) is 0 Å². The number of carbonyl (C=O) groups excluding carboxylic acids is 4. The normalized spacial score (nSPS) is 12.5. The zero-order chi connectivity index (χ0) is 26.7. The predicted molar refractivity (Wildman–Crippen MR) is 130 cm³/mol. The lowest BCUT2D eigenvalue weighted by atomic mass is 10.1. The average molecular weight is 538 g/mol. The lowest BCUT2D eigenvalue weighted by molar-refractivity contribution is -0.368. The Labute approximate surface area is 222 Å². The SMILES string of the molecule is CC(NC(=O)c1nc[nH]c1C(=O)NC(CCCC[NH3+])C(=O)OC(C)(C)C)C(=O)OCc1ccccc1.[Cl-]. The maximum absolute atomic E-state index is 12.9. The number of imidazole rings is 1. The van der Waals surface area contributed by atoms with Crippen molar-refractivity contribution in [2.24, 2.45) is 0 Å². The highest BCUT2D eigenvalue weighted by Crippen LogP contribution is 2.13. The van der Waals surface area contributed by atoms with Gasteiger partial charge in [0, 0.05) is 0 Å². The zero-order valence-electron chi connectivity index (χ0n) is 21.6. The molecule has 0 aliphatic carbocycles. The molecule has 2 amide bonds. The molecule has 11 nitrogen and oxygen atoms in total. The smallest absolute Gasteiger partial charge is 0.329 e. The van der Waals surface area contributed by atoms with E-state index >= 15 is 0 Å². The highest BCUT2D eigenvalue weighted by Gasteiger charge is 2.30. The molecule has 0 aliphatic heterocycles. The van der Waals surface area contributed by atoms with Crippen LogP contribution in [-0.4, -0.2) is 58.0 Å². The van der Waals surface area contributed by atoms with Crippen LogP contribution < -0.4 is 28.8 Å². The van der Waals surface area contributed by atoms with Crippen molar-refractivity contribution in [2.75, 3.05) is 6.54 Å². The molecule has 1 aromatic carbocycles. The summed E-state index contributed by atoms with van der Waals surface area (Å²) in [4.78, 5) is 57.2. The largest absolute Gasteiger partial charge is 1.00 e. The maximum Gasteiger partial charge on any atom is 0.329 e. The Hall–Kier alpha value is -3.44. The Bertz CT molecular complexity index is 1040. The molecule has 6 N–H and O–H groups in total. The van der Waals surface area contributed by atoms with Crippen molar-refractivity contribution in [3.8, 4) is 0 Å². The summed E-state index contributed by atoms with van der Waals surface area (Å²) in [7, 11) is 0. The Balaban J connectivity index is 0.00000684. The molecule has 2 atom stereocenters. The van der Waals surface area contributed by atoms with E-state index < -0.39 is 41.4 Å². The molecule has 0 fully saturated rings. The fourth-order valence-corrected chi connectivity index (χ4v) is 3.19. The summed E-state index contributed by atoms with van der Waals surface area (Å²) in [5.41, 5.74) is 3.52. The minimum atomic E-state index is -0.981. The molecule has 0 saturated heterocycles. The van der Waals surface area contributed by atoms with Crippen molar-refractivity contribution >= 4 is 23.8 Å². The molecule has 2 aromatic rings. The number of esters is 2. The number of hydrogen-bond donors (Lipinski definition) is 4. The quantitative estimate of drug-likeness (QED) is 0.182. The lowest BCUT2D eigenvalue weighted by Gasteiger charge is -2.24. The van der Waals surface area contributed by atoms with Crippen LogP contribution in [0, 0.1) is 0 Å². The topological polar surface area (TPSA) is 167 Å². The van der Waals surface area contributed by atoms with Crippen LogP contribution in [0.1, 0.15) is 73.5 Å². The molecule has 0 radical (unpaired) electrons. The number of aromatic amines is 1. The van der Waals surface area contributed by atoms with Gasteiger partial charge < -0.3 is 43.2 Å².